The minimum atomic E-state index is -1.19. The molecule has 0 saturated carbocycles. The summed E-state index contributed by atoms with van der Waals surface area (Å²) >= 11 is 5.84. The summed E-state index contributed by atoms with van der Waals surface area (Å²) in [5.74, 6) is -1.73. The lowest BCUT2D eigenvalue weighted by Gasteiger charge is -2.09. The highest BCUT2D eigenvalue weighted by atomic mass is 35.5. The van der Waals surface area contributed by atoms with Crippen molar-refractivity contribution in [3.8, 4) is 5.75 Å². The number of carboxylic acid groups (broad SMARTS) is 1. The minimum Gasteiger partial charge on any atom is -0.487 e. The molecular weight excluding hydrogens is 352 g/mol. The number of hydrogen-bond acceptors (Lipinski definition) is 5. The van der Waals surface area contributed by atoms with Gasteiger partial charge in [0.25, 0.3) is 5.91 Å². The number of amides is 1. The average molecular weight is 365 g/mol. The smallest absolute Gasteiger partial charge is 0.337 e. The van der Waals surface area contributed by atoms with E-state index in [0.717, 1.165) is 6.07 Å². The lowest BCUT2D eigenvalue weighted by molar-refractivity contribution is -0.385. The fraction of sp³-hybridized carbons (Fsp3) is 0.125. The van der Waals surface area contributed by atoms with Crippen LogP contribution in [0.4, 0.5) is 11.4 Å². The molecule has 0 spiro atoms. The standard InChI is InChI=1S/C16H13ClN2O6/c1-2-25-14-6-3-9(7-13(14)19(23)24)15(20)18-10-4-5-11(16(21)22)12(17)8-10/h3-8H,2H2,1H3,(H,18,20)(H,21,22). The Morgan fingerprint density at radius 2 is 2.00 bits per heavy atom. The van der Waals surface area contributed by atoms with Crippen molar-refractivity contribution < 1.29 is 24.4 Å². The summed E-state index contributed by atoms with van der Waals surface area (Å²) in [5.41, 5.74) is -0.116. The third-order valence-electron chi connectivity index (χ3n) is 3.18. The minimum absolute atomic E-state index is 0.0389. The molecule has 0 unspecified atom stereocenters. The molecule has 2 aromatic carbocycles. The number of nitrogens with zero attached hydrogens (tertiary/aromatic N) is 1. The third-order valence-corrected chi connectivity index (χ3v) is 3.49. The molecule has 0 saturated heterocycles. The second-order valence-corrected chi connectivity index (χ2v) is 5.23. The molecule has 0 aliphatic carbocycles. The Bertz CT molecular complexity index is 853. The van der Waals surface area contributed by atoms with Gasteiger partial charge in [-0.1, -0.05) is 11.6 Å². The van der Waals surface area contributed by atoms with Crippen LogP contribution in [0.5, 0.6) is 5.75 Å². The summed E-state index contributed by atoms with van der Waals surface area (Å²) in [6, 6.07) is 7.74. The maximum Gasteiger partial charge on any atom is 0.337 e. The van der Waals surface area contributed by atoms with Gasteiger partial charge in [0.1, 0.15) is 0 Å². The molecule has 9 heteroatoms. The number of halogens is 1. The Hall–Kier alpha value is -3.13. The average Bonchev–Trinajstić information content (AvgIpc) is 2.54. The first-order valence-corrected chi connectivity index (χ1v) is 7.46. The lowest BCUT2D eigenvalue weighted by atomic mass is 10.1. The molecule has 0 aliphatic rings. The number of anilines is 1. The largest absolute Gasteiger partial charge is 0.487 e. The highest BCUT2D eigenvalue weighted by Crippen LogP contribution is 2.28. The fourth-order valence-corrected chi connectivity index (χ4v) is 2.31. The van der Waals surface area contributed by atoms with E-state index in [1.807, 2.05) is 0 Å². The van der Waals surface area contributed by atoms with Crippen LogP contribution in [-0.4, -0.2) is 28.5 Å². The zero-order chi connectivity index (χ0) is 18.6. The first kappa shape index (κ1) is 18.2. The molecule has 1 amide bonds. The van der Waals surface area contributed by atoms with Crippen LogP contribution in [0.3, 0.4) is 0 Å². The summed E-state index contributed by atoms with van der Waals surface area (Å²) < 4.78 is 5.16. The van der Waals surface area contributed by atoms with E-state index < -0.39 is 16.8 Å². The van der Waals surface area contributed by atoms with Crippen molar-refractivity contribution >= 4 is 34.9 Å². The molecule has 2 rings (SSSR count). The molecule has 0 aromatic heterocycles. The summed E-state index contributed by atoms with van der Waals surface area (Å²) in [5, 5.41) is 22.5. The molecule has 0 heterocycles. The van der Waals surface area contributed by atoms with Gasteiger partial charge in [0.15, 0.2) is 5.75 Å². The van der Waals surface area contributed by atoms with Gasteiger partial charge in [0.2, 0.25) is 0 Å². The number of hydrogen-bond donors (Lipinski definition) is 2. The molecule has 8 nitrogen and oxygen atoms in total. The van der Waals surface area contributed by atoms with E-state index in [2.05, 4.69) is 5.32 Å². The second kappa shape index (κ2) is 7.63. The third kappa shape index (κ3) is 4.24. The van der Waals surface area contributed by atoms with Crippen molar-refractivity contribution in [3.05, 3.63) is 62.7 Å². The number of ether oxygens (including phenoxy) is 1. The second-order valence-electron chi connectivity index (χ2n) is 4.83. The Morgan fingerprint density at radius 1 is 1.28 bits per heavy atom. The number of carbonyl (C=O) groups excluding carboxylic acids is 1. The van der Waals surface area contributed by atoms with Gasteiger partial charge in [-0.25, -0.2) is 4.79 Å². The van der Waals surface area contributed by atoms with Crippen molar-refractivity contribution in [2.24, 2.45) is 0 Å². The van der Waals surface area contributed by atoms with E-state index >= 15 is 0 Å². The number of nitrogens with one attached hydrogen (secondary N) is 1. The maximum atomic E-state index is 12.3. The molecule has 2 N–H and O–H groups in total. The van der Waals surface area contributed by atoms with Crippen LogP contribution in [0.2, 0.25) is 5.02 Å². The molecule has 2 aromatic rings. The van der Waals surface area contributed by atoms with Crippen molar-refractivity contribution in [3.63, 3.8) is 0 Å². The van der Waals surface area contributed by atoms with Crippen LogP contribution in [0, 0.1) is 10.1 Å². The quantitative estimate of drug-likeness (QED) is 0.597. The van der Waals surface area contributed by atoms with Gasteiger partial charge in [-0.2, -0.15) is 0 Å². The number of aromatic carboxylic acids is 1. The number of benzene rings is 2. The highest BCUT2D eigenvalue weighted by molar-refractivity contribution is 6.33. The lowest BCUT2D eigenvalue weighted by Crippen LogP contribution is -2.13. The molecule has 0 aliphatic heterocycles. The number of nitro benzene ring substituents is 1. The van der Waals surface area contributed by atoms with Gasteiger partial charge < -0.3 is 15.2 Å². The van der Waals surface area contributed by atoms with Crippen molar-refractivity contribution in [2.45, 2.75) is 6.92 Å². The van der Waals surface area contributed by atoms with Crippen LogP contribution in [0.1, 0.15) is 27.6 Å². The molecule has 130 valence electrons. The normalized spacial score (nSPS) is 10.2. The monoisotopic (exact) mass is 364 g/mol. The van der Waals surface area contributed by atoms with E-state index in [-0.39, 0.29) is 39.9 Å². The highest BCUT2D eigenvalue weighted by Gasteiger charge is 2.19. The van der Waals surface area contributed by atoms with E-state index in [4.69, 9.17) is 21.4 Å². The number of nitro groups is 1. The van der Waals surface area contributed by atoms with E-state index in [1.54, 1.807) is 6.92 Å². The topological polar surface area (TPSA) is 119 Å². The number of carbonyl (C=O) groups is 2. The Morgan fingerprint density at radius 3 is 2.56 bits per heavy atom. The molecule has 0 fully saturated rings. The predicted octanol–water partition coefficient (Wildman–Crippen LogP) is 3.60. The van der Waals surface area contributed by atoms with Crippen LogP contribution in [0.15, 0.2) is 36.4 Å². The summed E-state index contributed by atoms with van der Waals surface area (Å²) in [7, 11) is 0. The maximum absolute atomic E-state index is 12.3. The van der Waals surface area contributed by atoms with Gasteiger partial charge >= 0.3 is 11.7 Å². The number of rotatable bonds is 6. The van der Waals surface area contributed by atoms with Gasteiger partial charge in [0, 0.05) is 17.3 Å². The van der Waals surface area contributed by atoms with Gasteiger partial charge in [-0.15, -0.1) is 0 Å². The van der Waals surface area contributed by atoms with E-state index in [0.29, 0.717) is 0 Å². The summed E-state index contributed by atoms with van der Waals surface area (Å²) in [6.07, 6.45) is 0. The number of carboxylic acids is 1. The summed E-state index contributed by atoms with van der Waals surface area (Å²) in [4.78, 5) is 33.6. The molecule has 0 bridgehead atoms. The fourth-order valence-electron chi connectivity index (χ4n) is 2.05. The van der Waals surface area contributed by atoms with Gasteiger partial charge in [-0.05, 0) is 37.3 Å². The zero-order valence-electron chi connectivity index (χ0n) is 13.0. The predicted molar refractivity (Wildman–Crippen MR) is 90.6 cm³/mol. The molecule has 25 heavy (non-hydrogen) atoms. The molecular formula is C16H13ClN2O6. The van der Waals surface area contributed by atoms with E-state index in [9.17, 15) is 19.7 Å². The molecule has 0 atom stereocenters. The first-order chi connectivity index (χ1) is 11.8. The van der Waals surface area contributed by atoms with Crippen molar-refractivity contribution in [1.82, 2.24) is 0 Å². The summed E-state index contributed by atoms with van der Waals surface area (Å²) in [6.45, 7) is 1.94. The van der Waals surface area contributed by atoms with Crippen molar-refractivity contribution in [2.75, 3.05) is 11.9 Å². The van der Waals surface area contributed by atoms with Crippen LogP contribution in [-0.2, 0) is 0 Å². The van der Waals surface area contributed by atoms with Crippen LogP contribution < -0.4 is 10.1 Å². The SMILES string of the molecule is CCOc1ccc(C(=O)Nc2ccc(C(=O)O)c(Cl)c2)cc1[N+](=O)[O-]. The van der Waals surface area contributed by atoms with Crippen molar-refractivity contribution in [1.29, 1.82) is 0 Å². The first-order valence-electron chi connectivity index (χ1n) is 7.09. The zero-order valence-corrected chi connectivity index (χ0v) is 13.7. The Labute approximate surface area is 147 Å². The van der Waals surface area contributed by atoms with Gasteiger partial charge in [-0.3, -0.25) is 14.9 Å². The Kier molecular flexibility index (Phi) is 5.56. The van der Waals surface area contributed by atoms with Crippen LogP contribution in [0.25, 0.3) is 0 Å². The Balaban J connectivity index is 2.26. The molecule has 0 radical (unpaired) electrons. The van der Waals surface area contributed by atoms with Crippen LogP contribution >= 0.6 is 11.6 Å². The van der Waals surface area contributed by atoms with Gasteiger partial charge in [0.05, 0.1) is 22.1 Å². The van der Waals surface area contributed by atoms with E-state index in [1.165, 1.54) is 30.3 Å².